The van der Waals surface area contributed by atoms with Crippen molar-refractivity contribution in [3.8, 4) is 12.1 Å². The Hall–Kier alpha value is -1.63. The predicted octanol–water partition coefficient (Wildman–Crippen LogP) is 3.34. The lowest BCUT2D eigenvalue weighted by atomic mass is 9.65. The minimum absolute atomic E-state index is 0.206. The molecule has 2 N–H and O–H groups in total. The van der Waals surface area contributed by atoms with Gasteiger partial charge in [-0.3, -0.25) is 0 Å². The van der Waals surface area contributed by atoms with Crippen LogP contribution >= 0.6 is 0 Å². The zero-order valence-corrected chi connectivity index (χ0v) is 16.6. The molecule has 0 bridgehead atoms. The Morgan fingerprint density at radius 1 is 1.12 bits per heavy atom. The Balaban J connectivity index is 2.09. The maximum Gasteiger partial charge on any atom is 0.293 e. The smallest absolute Gasteiger partial charge is 0.293 e. The van der Waals surface area contributed by atoms with Crippen molar-refractivity contribution >= 4 is 5.84 Å². The molecule has 1 spiro atoms. The summed E-state index contributed by atoms with van der Waals surface area (Å²) >= 11 is 0. The lowest BCUT2D eigenvalue weighted by Gasteiger charge is -2.41. The van der Waals surface area contributed by atoms with Crippen LogP contribution in [0.15, 0.2) is 4.99 Å². The third kappa shape index (κ3) is 1.80. The molecule has 1 heterocycles. The molecule has 2 aliphatic carbocycles. The lowest BCUT2D eigenvalue weighted by Crippen LogP contribution is -2.46. The lowest BCUT2D eigenvalue weighted by molar-refractivity contribution is -0.262. The van der Waals surface area contributed by atoms with Crippen LogP contribution in [-0.4, -0.2) is 25.0 Å². The summed E-state index contributed by atoms with van der Waals surface area (Å²) in [5, 5.41) is 20.5. The quantitative estimate of drug-likeness (QED) is 0.776. The van der Waals surface area contributed by atoms with Crippen LogP contribution in [0.2, 0.25) is 0 Å². The van der Waals surface area contributed by atoms with Crippen LogP contribution in [0.1, 0.15) is 60.3 Å². The topological polar surface area (TPSA) is 104 Å². The number of hydrogen-bond acceptors (Lipinski definition) is 6. The number of nitrogens with zero attached hydrogens (tertiary/aromatic N) is 3. The van der Waals surface area contributed by atoms with E-state index in [1.165, 1.54) is 0 Å². The van der Waals surface area contributed by atoms with E-state index in [4.69, 9.17) is 15.2 Å². The van der Waals surface area contributed by atoms with Gasteiger partial charge in [-0.15, -0.1) is 0 Å². The molecule has 6 heteroatoms. The monoisotopic (exact) mass is 358 g/mol. The van der Waals surface area contributed by atoms with Gasteiger partial charge in [-0.05, 0) is 50.9 Å². The maximum atomic E-state index is 10.3. The van der Waals surface area contributed by atoms with E-state index in [9.17, 15) is 10.5 Å². The van der Waals surface area contributed by atoms with Crippen LogP contribution in [0.5, 0.6) is 0 Å². The fraction of sp³-hybridized carbons (Fsp3) is 0.850. The Kier molecular flexibility index (Phi) is 4.18. The van der Waals surface area contributed by atoms with Gasteiger partial charge in [0.25, 0.3) is 5.91 Å². The number of nitrogens with two attached hydrogens (primary N) is 1. The molecule has 1 aliphatic heterocycles. The minimum Gasteiger partial charge on any atom is -0.386 e. The second-order valence-corrected chi connectivity index (χ2v) is 8.89. The molecule has 0 aromatic carbocycles. The summed E-state index contributed by atoms with van der Waals surface area (Å²) in [6.45, 7) is 11.1. The molecule has 0 aromatic heterocycles. The summed E-state index contributed by atoms with van der Waals surface area (Å²) in [4.78, 5) is 4.44. The summed E-state index contributed by atoms with van der Waals surface area (Å²) in [7, 11) is 0. The van der Waals surface area contributed by atoms with Gasteiger partial charge >= 0.3 is 0 Å². The molecular weight excluding hydrogens is 328 g/mol. The Morgan fingerprint density at radius 3 is 2.04 bits per heavy atom. The summed E-state index contributed by atoms with van der Waals surface area (Å²) in [6, 6.07) is 4.85. The Bertz CT molecular complexity index is 697. The highest BCUT2D eigenvalue weighted by molar-refractivity contribution is 6.00. The average Bonchev–Trinajstić information content (AvgIpc) is 3.00. The van der Waals surface area contributed by atoms with Crippen molar-refractivity contribution in [2.45, 2.75) is 66.2 Å². The summed E-state index contributed by atoms with van der Waals surface area (Å²) in [6.07, 6.45) is 3.48. The molecule has 142 valence electrons. The van der Waals surface area contributed by atoms with Crippen LogP contribution in [0, 0.1) is 50.2 Å². The molecule has 2 fully saturated rings. The fourth-order valence-electron chi connectivity index (χ4n) is 5.95. The number of hydrogen-bond donors (Lipinski definition) is 1. The number of amidine groups is 1. The molecule has 26 heavy (non-hydrogen) atoms. The molecule has 0 radical (unpaired) electrons. The maximum absolute atomic E-state index is 10.3. The van der Waals surface area contributed by atoms with Crippen molar-refractivity contribution in [2.75, 3.05) is 13.2 Å². The highest BCUT2D eigenvalue weighted by atomic mass is 16.7. The highest BCUT2D eigenvalue weighted by Crippen LogP contribution is 2.89. The second-order valence-electron chi connectivity index (χ2n) is 8.89. The van der Waals surface area contributed by atoms with Crippen molar-refractivity contribution in [1.82, 2.24) is 0 Å². The third-order valence-electron chi connectivity index (χ3n) is 7.14. The first kappa shape index (κ1) is 19.1. The molecule has 6 nitrogen and oxygen atoms in total. The van der Waals surface area contributed by atoms with Crippen LogP contribution in [0.3, 0.4) is 0 Å². The standard InChI is InChI=1S/C20H30N4O2/c1-6-25-20(26-7-2)19(13-22)17(18(19,12-21)15(23)24-20)10-8-14(9-11-17)16(3,4)5/h14H,6-11H2,1-5H3,(H2,23,24). The largest absolute Gasteiger partial charge is 0.386 e. The number of nitriles is 2. The van der Waals surface area contributed by atoms with E-state index >= 15 is 0 Å². The normalized spacial score (nSPS) is 40.4. The van der Waals surface area contributed by atoms with Crippen molar-refractivity contribution in [1.29, 1.82) is 10.5 Å². The number of rotatable bonds is 4. The number of aliphatic imine (C=N–C) groups is 1. The van der Waals surface area contributed by atoms with E-state index < -0.39 is 22.2 Å². The molecule has 2 saturated carbocycles. The molecule has 3 aliphatic rings. The summed E-state index contributed by atoms with van der Waals surface area (Å²) in [5.74, 6) is -0.704. The first-order valence-corrected chi connectivity index (χ1v) is 9.65. The van der Waals surface area contributed by atoms with Crippen LogP contribution in [-0.2, 0) is 9.47 Å². The van der Waals surface area contributed by atoms with Crippen molar-refractivity contribution in [3.63, 3.8) is 0 Å². The van der Waals surface area contributed by atoms with E-state index in [-0.39, 0.29) is 11.3 Å². The highest BCUT2D eigenvalue weighted by Gasteiger charge is 3.00. The molecule has 2 atom stereocenters. The van der Waals surface area contributed by atoms with Gasteiger partial charge in [0.2, 0.25) is 0 Å². The SMILES string of the molecule is CCOC1(OCC)N=C(N)C2(C#N)C3(CCC(C(C)(C)C)CC3)C12C#N. The third-order valence-corrected chi connectivity index (χ3v) is 7.14. The van der Waals surface area contributed by atoms with Crippen LogP contribution < -0.4 is 5.73 Å². The van der Waals surface area contributed by atoms with Gasteiger partial charge in [0.1, 0.15) is 11.3 Å². The molecular formula is C20H30N4O2. The molecule has 0 amide bonds. The van der Waals surface area contributed by atoms with E-state index in [1.54, 1.807) is 0 Å². The minimum atomic E-state index is -1.47. The molecule has 3 rings (SSSR count). The predicted molar refractivity (Wildman–Crippen MR) is 97.5 cm³/mol. The van der Waals surface area contributed by atoms with Crippen molar-refractivity contribution < 1.29 is 9.47 Å². The van der Waals surface area contributed by atoms with Crippen molar-refractivity contribution in [3.05, 3.63) is 0 Å². The van der Waals surface area contributed by atoms with Crippen LogP contribution in [0.4, 0.5) is 0 Å². The summed E-state index contributed by atoms with van der Waals surface area (Å²) in [5.41, 5.74) is 3.70. The van der Waals surface area contributed by atoms with E-state index in [2.05, 4.69) is 37.9 Å². The number of fused-ring (bicyclic) bond motifs is 3. The first-order chi connectivity index (χ1) is 12.2. The first-order valence-electron chi connectivity index (χ1n) is 9.65. The zero-order valence-electron chi connectivity index (χ0n) is 16.6. The zero-order chi connectivity index (χ0) is 19.4. The second kappa shape index (κ2) is 5.68. The van der Waals surface area contributed by atoms with Gasteiger partial charge in [-0.2, -0.15) is 10.5 Å². The Morgan fingerprint density at radius 2 is 1.65 bits per heavy atom. The summed E-state index contributed by atoms with van der Waals surface area (Å²) < 4.78 is 11.9. The van der Waals surface area contributed by atoms with Gasteiger partial charge in [-0.25, -0.2) is 4.99 Å². The van der Waals surface area contributed by atoms with E-state index in [1.807, 2.05) is 13.8 Å². The molecule has 2 unspecified atom stereocenters. The Labute approximate surface area is 156 Å². The van der Waals surface area contributed by atoms with Gasteiger partial charge < -0.3 is 15.2 Å². The van der Waals surface area contributed by atoms with Gasteiger partial charge in [0.15, 0.2) is 5.41 Å². The van der Waals surface area contributed by atoms with Gasteiger partial charge in [-0.1, -0.05) is 20.8 Å². The van der Waals surface area contributed by atoms with E-state index in [0.29, 0.717) is 19.1 Å². The number of ether oxygens (including phenoxy) is 2. The van der Waals surface area contributed by atoms with Gasteiger partial charge in [0.05, 0.1) is 12.1 Å². The van der Waals surface area contributed by atoms with Crippen molar-refractivity contribution in [2.24, 2.45) is 38.3 Å². The van der Waals surface area contributed by atoms with Crippen LogP contribution in [0.25, 0.3) is 0 Å². The average molecular weight is 358 g/mol. The molecule has 0 aromatic rings. The fourth-order valence-corrected chi connectivity index (χ4v) is 5.95. The molecule has 0 saturated heterocycles. The van der Waals surface area contributed by atoms with E-state index in [0.717, 1.165) is 25.7 Å². The van der Waals surface area contributed by atoms with Gasteiger partial charge in [0, 0.05) is 18.6 Å².